The Morgan fingerprint density at radius 3 is 2.31 bits per heavy atom. The molecule has 0 bridgehead atoms. The molecule has 0 saturated carbocycles. The van der Waals surface area contributed by atoms with Crippen LogP contribution in [0, 0.1) is 6.57 Å². The molecule has 0 aliphatic carbocycles. The number of aromatic nitrogens is 3. The molecule has 6 rings (SSSR count). The second kappa shape index (κ2) is 10.4. The molecule has 0 saturated heterocycles. The fourth-order valence-electron chi connectivity index (χ4n) is 4.82. The number of nitrogens with zero attached hydrogens (tertiary/aromatic N) is 5. The fourth-order valence-corrected chi connectivity index (χ4v) is 5.01. The molecule has 1 amide bonds. The van der Waals surface area contributed by atoms with E-state index in [9.17, 15) is 4.79 Å². The van der Waals surface area contributed by atoms with Crippen LogP contribution in [0.2, 0.25) is 5.02 Å². The summed E-state index contributed by atoms with van der Waals surface area (Å²) in [4.78, 5) is 26.3. The number of pyridine rings is 1. The summed E-state index contributed by atoms with van der Waals surface area (Å²) in [6.07, 6.45) is 1.79. The Hall–Kier alpha value is -4.99. The molecule has 0 N–H and O–H groups in total. The lowest BCUT2D eigenvalue weighted by atomic mass is 10.1. The van der Waals surface area contributed by atoms with Crippen molar-refractivity contribution in [3.63, 3.8) is 0 Å². The van der Waals surface area contributed by atoms with Gasteiger partial charge < -0.3 is 9.13 Å². The van der Waals surface area contributed by atoms with Gasteiger partial charge in [0.05, 0.1) is 36.2 Å². The van der Waals surface area contributed by atoms with Crippen LogP contribution in [-0.4, -0.2) is 20.0 Å². The van der Waals surface area contributed by atoms with Gasteiger partial charge in [-0.2, -0.15) is 4.99 Å². The van der Waals surface area contributed by atoms with E-state index in [1.54, 1.807) is 42.6 Å². The van der Waals surface area contributed by atoms with Gasteiger partial charge in [-0.05, 0) is 47.5 Å². The van der Waals surface area contributed by atoms with Crippen LogP contribution >= 0.6 is 11.6 Å². The van der Waals surface area contributed by atoms with E-state index >= 15 is 0 Å². The first kappa shape index (κ1) is 24.4. The Bertz CT molecular complexity index is 1960. The van der Waals surface area contributed by atoms with Gasteiger partial charge in [0.15, 0.2) is 5.69 Å². The van der Waals surface area contributed by atoms with Gasteiger partial charge in [-0.15, -0.1) is 0 Å². The Labute approximate surface area is 229 Å². The summed E-state index contributed by atoms with van der Waals surface area (Å²) in [5.74, 6) is -0.380. The summed E-state index contributed by atoms with van der Waals surface area (Å²) in [5, 5.41) is 1.53. The summed E-state index contributed by atoms with van der Waals surface area (Å²) in [7, 11) is 0. The first-order valence-corrected chi connectivity index (χ1v) is 12.8. The molecule has 4 aromatic carbocycles. The van der Waals surface area contributed by atoms with Crippen molar-refractivity contribution >= 4 is 45.1 Å². The van der Waals surface area contributed by atoms with Crippen molar-refractivity contribution in [1.29, 1.82) is 0 Å². The van der Waals surface area contributed by atoms with Crippen molar-refractivity contribution in [2.75, 3.05) is 0 Å². The summed E-state index contributed by atoms with van der Waals surface area (Å²) in [5.41, 5.74) is 6.32. The minimum absolute atomic E-state index is 0.380. The zero-order valence-corrected chi connectivity index (χ0v) is 21.6. The number of para-hydroxylation sites is 3. The van der Waals surface area contributed by atoms with Gasteiger partial charge in [-0.25, -0.2) is 4.85 Å². The van der Waals surface area contributed by atoms with E-state index < -0.39 is 0 Å². The van der Waals surface area contributed by atoms with Crippen LogP contribution in [0.3, 0.4) is 0 Å². The Kier molecular flexibility index (Phi) is 6.50. The average molecular weight is 528 g/mol. The molecule has 0 spiro atoms. The maximum Gasteiger partial charge on any atom is 0.280 e. The summed E-state index contributed by atoms with van der Waals surface area (Å²) in [6.45, 7) is 8.21. The molecule has 0 fully saturated rings. The molecule has 188 valence electrons. The van der Waals surface area contributed by atoms with Crippen LogP contribution in [0.25, 0.3) is 26.8 Å². The molecule has 6 nitrogen and oxygen atoms in total. The van der Waals surface area contributed by atoms with Crippen molar-refractivity contribution in [1.82, 2.24) is 14.1 Å². The van der Waals surface area contributed by atoms with Gasteiger partial charge in [-0.3, -0.25) is 9.78 Å². The second-order valence-corrected chi connectivity index (χ2v) is 9.60. The molecule has 7 heteroatoms. The largest absolute Gasteiger partial charge is 0.305 e. The Morgan fingerprint density at radius 1 is 0.846 bits per heavy atom. The van der Waals surface area contributed by atoms with Crippen LogP contribution in [0.1, 0.15) is 21.5 Å². The molecule has 6 aromatic rings. The third-order valence-electron chi connectivity index (χ3n) is 6.67. The van der Waals surface area contributed by atoms with Crippen molar-refractivity contribution in [2.45, 2.75) is 13.1 Å². The maximum absolute atomic E-state index is 13.5. The number of carbonyl (C=O) groups excluding carboxylic acids is 1. The average Bonchev–Trinajstić information content (AvgIpc) is 3.25. The number of rotatable bonds is 5. The predicted octanol–water partition coefficient (Wildman–Crippen LogP) is 7.03. The highest BCUT2D eigenvalue weighted by Crippen LogP contribution is 2.21. The SMILES string of the molecule is [C-]#[N+]c1ccc(Cn2c(=NC(=O)c3cccc(Cl)c3)n(Cc3cccc4cccnc34)c3ccccc32)cc1. The molecule has 2 heterocycles. The molecule has 0 radical (unpaired) electrons. The van der Waals surface area contributed by atoms with Crippen LogP contribution in [0.5, 0.6) is 0 Å². The highest BCUT2D eigenvalue weighted by Gasteiger charge is 2.16. The lowest BCUT2D eigenvalue weighted by Gasteiger charge is -2.09. The molecule has 0 atom stereocenters. The number of benzene rings is 4. The fraction of sp³-hybridized carbons (Fsp3) is 0.0625. The first-order chi connectivity index (χ1) is 19.1. The Balaban J connectivity index is 1.58. The van der Waals surface area contributed by atoms with Crippen molar-refractivity contribution in [3.05, 3.63) is 148 Å². The number of hydrogen-bond donors (Lipinski definition) is 0. The van der Waals surface area contributed by atoms with Gasteiger partial charge in [0, 0.05) is 22.2 Å². The first-order valence-electron chi connectivity index (χ1n) is 12.4. The minimum Gasteiger partial charge on any atom is -0.305 e. The van der Waals surface area contributed by atoms with E-state index in [2.05, 4.69) is 25.5 Å². The smallest absolute Gasteiger partial charge is 0.280 e. The number of amides is 1. The molecule has 0 aliphatic rings. The normalized spacial score (nSPS) is 11.6. The topological polar surface area (TPSA) is 56.5 Å². The van der Waals surface area contributed by atoms with Crippen molar-refractivity contribution in [3.8, 4) is 0 Å². The van der Waals surface area contributed by atoms with Crippen molar-refractivity contribution in [2.24, 2.45) is 4.99 Å². The van der Waals surface area contributed by atoms with Gasteiger partial charge in [0.25, 0.3) is 5.91 Å². The molecular formula is C32H22ClN5O. The van der Waals surface area contributed by atoms with E-state index in [0.717, 1.165) is 33.1 Å². The molecular weight excluding hydrogens is 506 g/mol. The van der Waals surface area contributed by atoms with E-state index in [4.69, 9.17) is 18.2 Å². The highest BCUT2D eigenvalue weighted by atomic mass is 35.5. The zero-order chi connectivity index (χ0) is 26.8. The third kappa shape index (κ3) is 4.84. The van der Waals surface area contributed by atoms with Crippen LogP contribution in [-0.2, 0) is 13.1 Å². The standard InChI is InChI=1S/C32H22ClN5O/c1-34-27-16-14-22(15-17-27)20-37-28-12-2-3-13-29(28)38(21-25-9-4-7-23-10-6-18-35-30(23)25)32(37)36-31(39)24-8-5-11-26(33)19-24/h2-19H,20-21H2. The molecule has 0 aliphatic heterocycles. The third-order valence-corrected chi connectivity index (χ3v) is 6.91. The highest BCUT2D eigenvalue weighted by molar-refractivity contribution is 6.31. The number of hydrogen-bond acceptors (Lipinski definition) is 2. The van der Waals surface area contributed by atoms with Crippen molar-refractivity contribution < 1.29 is 4.79 Å². The molecule has 0 unspecified atom stereocenters. The van der Waals surface area contributed by atoms with Crippen LogP contribution in [0.4, 0.5) is 5.69 Å². The number of carbonyl (C=O) groups is 1. The van der Waals surface area contributed by atoms with Gasteiger partial charge in [-0.1, -0.05) is 78.3 Å². The van der Waals surface area contributed by atoms with E-state index in [0.29, 0.717) is 35.0 Å². The van der Waals surface area contributed by atoms with Gasteiger partial charge in [0.1, 0.15) is 0 Å². The zero-order valence-electron chi connectivity index (χ0n) is 20.8. The lowest BCUT2D eigenvalue weighted by molar-refractivity contribution is 0.0996. The van der Waals surface area contributed by atoms with Gasteiger partial charge >= 0.3 is 0 Å². The predicted molar refractivity (Wildman–Crippen MR) is 154 cm³/mol. The summed E-state index contributed by atoms with van der Waals surface area (Å²) >= 11 is 6.18. The maximum atomic E-state index is 13.5. The quantitative estimate of drug-likeness (QED) is 0.226. The second-order valence-electron chi connectivity index (χ2n) is 9.16. The van der Waals surface area contributed by atoms with E-state index in [1.807, 2.05) is 65.2 Å². The summed E-state index contributed by atoms with van der Waals surface area (Å²) < 4.78 is 4.11. The lowest BCUT2D eigenvalue weighted by Crippen LogP contribution is -2.28. The molecule has 2 aromatic heterocycles. The van der Waals surface area contributed by atoms with Gasteiger partial charge in [0.2, 0.25) is 5.62 Å². The van der Waals surface area contributed by atoms with E-state index in [-0.39, 0.29) is 5.91 Å². The number of imidazole rings is 1. The van der Waals surface area contributed by atoms with Crippen LogP contribution < -0.4 is 5.62 Å². The van der Waals surface area contributed by atoms with E-state index in [1.165, 1.54) is 0 Å². The Morgan fingerprint density at radius 2 is 1.56 bits per heavy atom. The van der Waals surface area contributed by atoms with Crippen LogP contribution in [0.15, 0.2) is 114 Å². The number of halogens is 1. The molecule has 39 heavy (non-hydrogen) atoms. The summed E-state index contributed by atoms with van der Waals surface area (Å²) in [6, 6.07) is 32.4. The number of fused-ring (bicyclic) bond motifs is 2. The minimum atomic E-state index is -0.380. The monoisotopic (exact) mass is 527 g/mol.